The molecule has 4 aromatic rings. The van der Waals surface area contributed by atoms with Crippen molar-refractivity contribution in [2.75, 3.05) is 6.61 Å². The molecule has 0 N–H and O–H groups in total. The van der Waals surface area contributed by atoms with E-state index in [2.05, 4.69) is 6.92 Å². The zero-order chi connectivity index (χ0) is 27.3. The normalized spacial score (nSPS) is 11.8. The minimum atomic E-state index is -4.76. The van der Waals surface area contributed by atoms with Crippen molar-refractivity contribution in [1.82, 2.24) is 0 Å². The van der Waals surface area contributed by atoms with Crippen LogP contribution in [0.2, 0.25) is 0 Å². The highest BCUT2D eigenvalue weighted by molar-refractivity contribution is 5.84. The predicted octanol–water partition coefficient (Wildman–Crippen LogP) is 9.03. The summed E-state index contributed by atoms with van der Waals surface area (Å²) in [5.41, 5.74) is 0.957. The van der Waals surface area contributed by atoms with Gasteiger partial charge in [0.1, 0.15) is 23.2 Å². The van der Waals surface area contributed by atoms with Gasteiger partial charge in [0.05, 0.1) is 12.2 Å². The van der Waals surface area contributed by atoms with E-state index in [4.69, 9.17) is 4.74 Å². The molecule has 0 fully saturated rings. The van der Waals surface area contributed by atoms with Gasteiger partial charge in [-0.3, -0.25) is 0 Å². The maximum Gasteiger partial charge on any atom is 0.419 e. The Morgan fingerprint density at radius 2 is 1.37 bits per heavy atom. The molecule has 0 atom stereocenters. The number of hydrogen-bond donors (Lipinski definition) is 0. The van der Waals surface area contributed by atoms with Gasteiger partial charge in [-0.2, -0.15) is 13.2 Å². The predicted molar refractivity (Wildman–Crippen MR) is 137 cm³/mol. The number of fused-ring (bicyclic) bond motifs is 1. The van der Waals surface area contributed by atoms with Gasteiger partial charge >= 0.3 is 6.18 Å². The highest BCUT2D eigenvalue weighted by Crippen LogP contribution is 2.32. The van der Waals surface area contributed by atoms with Crippen LogP contribution in [0.3, 0.4) is 0 Å². The first kappa shape index (κ1) is 27.6. The van der Waals surface area contributed by atoms with Crippen molar-refractivity contribution in [2.24, 2.45) is 0 Å². The number of aryl methyl sites for hydroxylation is 4. The summed E-state index contributed by atoms with van der Waals surface area (Å²) in [6, 6.07) is 16.5. The second-order valence-corrected chi connectivity index (χ2v) is 9.36. The molecule has 0 amide bonds. The Balaban J connectivity index is 1.41. The molecule has 1 nitrogen and oxygen atoms in total. The van der Waals surface area contributed by atoms with E-state index in [0.29, 0.717) is 58.7 Å². The molecule has 200 valence electrons. The summed E-state index contributed by atoms with van der Waals surface area (Å²) >= 11 is 0. The fraction of sp³-hybridized carbons (Fsp3) is 0.290. The Hall–Kier alpha value is -3.48. The van der Waals surface area contributed by atoms with Gasteiger partial charge in [0, 0.05) is 11.5 Å². The van der Waals surface area contributed by atoms with Crippen molar-refractivity contribution in [3.8, 4) is 5.75 Å². The van der Waals surface area contributed by atoms with Gasteiger partial charge in [-0.05, 0) is 77.9 Å². The van der Waals surface area contributed by atoms with Crippen molar-refractivity contribution in [3.05, 3.63) is 112 Å². The number of rotatable bonds is 10. The van der Waals surface area contributed by atoms with Crippen LogP contribution in [0.5, 0.6) is 5.75 Å². The number of halogens is 6. The molecular formula is C31H28F6O. The third-order valence-electron chi connectivity index (χ3n) is 6.59. The first-order chi connectivity index (χ1) is 18.2. The molecule has 4 aromatic carbocycles. The standard InChI is InChI=1S/C31H28F6O/c1-2-3-16-38-25-13-12-22(28(32)19-25)8-4-20-6-14-26-24(17-20)11-10-23(30(26)34)9-5-21-7-15-27(29(33)18-21)31(35,36)37/h6-7,10-15,17-19H,2-5,8-9,16H2,1H3. The molecule has 0 unspecified atom stereocenters. The van der Waals surface area contributed by atoms with Gasteiger partial charge in [0.25, 0.3) is 0 Å². The maximum atomic E-state index is 15.2. The second-order valence-electron chi connectivity index (χ2n) is 9.36. The fourth-order valence-electron chi connectivity index (χ4n) is 4.39. The summed E-state index contributed by atoms with van der Waals surface area (Å²) < 4.78 is 87.4. The van der Waals surface area contributed by atoms with Crippen LogP contribution < -0.4 is 4.74 Å². The molecular weight excluding hydrogens is 502 g/mol. The summed E-state index contributed by atoms with van der Waals surface area (Å²) in [7, 11) is 0. The van der Waals surface area contributed by atoms with Crippen molar-refractivity contribution in [3.63, 3.8) is 0 Å². The number of hydrogen-bond acceptors (Lipinski definition) is 1. The quantitative estimate of drug-likeness (QED) is 0.147. The lowest BCUT2D eigenvalue weighted by molar-refractivity contribution is -0.140. The molecule has 38 heavy (non-hydrogen) atoms. The van der Waals surface area contributed by atoms with E-state index in [9.17, 15) is 22.0 Å². The molecule has 0 saturated heterocycles. The molecule has 0 saturated carbocycles. The van der Waals surface area contributed by atoms with E-state index in [1.54, 1.807) is 36.4 Å². The molecule has 0 aliphatic carbocycles. The summed E-state index contributed by atoms with van der Waals surface area (Å²) in [6.45, 7) is 2.61. The number of unbranched alkanes of at least 4 members (excludes halogenated alkanes) is 1. The number of ether oxygens (including phenoxy) is 1. The SMILES string of the molecule is CCCCOc1ccc(CCc2ccc3c(F)c(CCc4ccc(C(F)(F)F)c(F)c4)ccc3c2)c(F)c1. The van der Waals surface area contributed by atoms with Gasteiger partial charge in [0.2, 0.25) is 0 Å². The van der Waals surface area contributed by atoms with Crippen LogP contribution in [0, 0.1) is 17.5 Å². The van der Waals surface area contributed by atoms with E-state index in [1.165, 1.54) is 12.1 Å². The highest BCUT2D eigenvalue weighted by atomic mass is 19.4. The van der Waals surface area contributed by atoms with Crippen LogP contribution >= 0.6 is 0 Å². The minimum Gasteiger partial charge on any atom is -0.493 e. The van der Waals surface area contributed by atoms with Gasteiger partial charge in [-0.25, -0.2) is 13.2 Å². The summed E-state index contributed by atoms with van der Waals surface area (Å²) in [5, 5.41) is 1.12. The third kappa shape index (κ3) is 6.69. The Morgan fingerprint density at radius 1 is 0.684 bits per heavy atom. The Kier molecular flexibility index (Phi) is 8.65. The molecule has 7 heteroatoms. The zero-order valence-corrected chi connectivity index (χ0v) is 21.0. The topological polar surface area (TPSA) is 9.23 Å². The van der Waals surface area contributed by atoms with Gasteiger partial charge < -0.3 is 4.74 Å². The van der Waals surface area contributed by atoms with E-state index < -0.39 is 23.4 Å². The van der Waals surface area contributed by atoms with Crippen LogP contribution in [0.4, 0.5) is 26.3 Å². The van der Waals surface area contributed by atoms with Gasteiger partial charge in [-0.1, -0.05) is 55.8 Å². The molecule has 0 aliphatic rings. The van der Waals surface area contributed by atoms with E-state index >= 15 is 4.39 Å². The van der Waals surface area contributed by atoms with Gasteiger partial charge in [-0.15, -0.1) is 0 Å². The molecule has 4 rings (SSSR count). The molecule has 0 bridgehead atoms. The first-order valence-electron chi connectivity index (χ1n) is 12.6. The highest BCUT2D eigenvalue weighted by Gasteiger charge is 2.33. The number of alkyl halides is 3. The Labute approximate surface area is 218 Å². The summed E-state index contributed by atoms with van der Waals surface area (Å²) in [6.07, 6.45) is -1.38. The van der Waals surface area contributed by atoms with Gasteiger partial charge in [0.15, 0.2) is 0 Å². The fourth-order valence-corrected chi connectivity index (χ4v) is 4.39. The smallest absolute Gasteiger partial charge is 0.419 e. The molecule has 0 radical (unpaired) electrons. The third-order valence-corrected chi connectivity index (χ3v) is 6.59. The van der Waals surface area contributed by atoms with Crippen LogP contribution in [-0.4, -0.2) is 6.61 Å². The lowest BCUT2D eigenvalue weighted by Gasteiger charge is -2.11. The van der Waals surface area contributed by atoms with E-state index in [-0.39, 0.29) is 18.7 Å². The molecule has 0 heterocycles. The maximum absolute atomic E-state index is 15.2. The van der Waals surface area contributed by atoms with Crippen LogP contribution in [0.25, 0.3) is 10.8 Å². The van der Waals surface area contributed by atoms with Crippen molar-refractivity contribution in [1.29, 1.82) is 0 Å². The monoisotopic (exact) mass is 530 g/mol. The minimum absolute atomic E-state index is 0.198. The Morgan fingerprint density at radius 3 is 2.05 bits per heavy atom. The van der Waals surface area contributed by atoms with Crippen LogP contribution in [0.15, 0.2) is 66.7 Å². The summed E-state index contributed by atoms with van der Waals surface area (Å²) in [5.74, 6) is -1.55. The largest absolute Gasteiger partial charge is 0.493 e. The Bertz CT molecular complexity index is 1410. The zero-order valence-electron chi connectivity index (χ0n) is 21.0. The van der Waals surface area contributed by atoms with E-state index in [1.807, 2.05) is 6.07 Å². The van der Waals surface area contributed by atoms with Crippen LogP contribution in [-0.2, 0) is 31.9 Å². The van der Waals surface area contributed by atoms with Crippen molar-refractivity contribution < 1.29 is 31.1 Å². The lowest BCUT2D eigenvalue weighted by Crippen LogP contribution is -2.08. The molecule has 0 spiro atoms. The van der Waals surface area contributed by atoms with Crippen molar-refractivity contribution in [2.45, 2.75) is 51.6 Å². The van der Waals surface area contributed by atoms with E-state index in [0.717, 1.165) is 24.5 Å². The van der Waals surface area contributed by atoms with Crippen molar-refractivity contribution >= 4 is 10.8 Å². The lowest BCUT2D eigenvalue weighted by atomic mass is 9.97. The number of benzene rings is 4. The first-order valence-corrected chi connectivity index (χ1v) is 12.6. The van der Waals surface area contributed by atoms with Crippen LogP contribution in [0.1, 0.15) is 47.6 Å². The summed E-state index contributed by atoms with van der Waals surface area (Å²) in [4.78, 5) is 0. The molecule has 0 aromatic heterocycles. The molecule has 0 aliphatic heterocycles. The second kappa shape index (κ2) is 11.9. The average molecular weight is 531 g/mol. The average Bonchev–Trinajstić information content (AvgIpc) is 2.87.